The molecule has 3 heterocycles. The summed E-state index contributed by atoms with van der Waals surface area (Å²) in [4.78, 5) is 22.4. The molecule has 9 heteroatoms. The lowest BCUT2D eigenvalue weighted by molar-refractivity contribution is 0.139. The molecule has 1 aliphatic rings. The van der Waals surface area contributed by atoms with Gasteiger partial charge in [0.25, 0.3) is 0 Å². The molecule has 0 aromatic carbocycles. The number of nitrogens with zero attached hydrogens (tertiary/aromatic N) is 6. The number of hydrogen-bond donors (Lipinski definition) is 2. The molecule has 2 N–H and O–H groups in total. The zero-order valence-electron chi connectivity index (χ0n) is 13.7. The normalized spacial score (nSPS) is 20.6. The van der Waals surface area contributed by atoms with E-state index in [1.54, 1.807) is 34.4 Å². The number of hydrogen-bond acceptors (Lipinski definition) is 6. The van der Waals surface area contributed by atoms with Gasteiger partial charge in [0, 0.05) is 19.2 Å². The van der Waals surface area contributed by atoms with Crippen LogP contribution in [-0.2, 0) is 6.42 Å². The van der Waals surface area contributed by atoms with E-state index in [1.165, 1.54) is 0 Å². The van der Waals surface area contributed by atoms with Crippen molar-refractivity contribution >= 4 is 11.7 Å². The summed E-state index contributed by atoms with van der Waals surface area (Å²) < 4.78 is 1.57. The molecule has 0 aliphatic carbocycles. The van der Waals surface area contributed by atoms with E-state index in [1.807, 2.05) is 0 Å². The van der Waals surface area contributed by atoms with Gasteiger partial charge in [-0.25, -0.2) is 19.4 Å². The van der Waals surface area contributed by atoms with Gasteiger partial charge in [-0.15, -0.1) is 5.10 Å². The summed E-state index contributed by atoms with van der Waals surface area (Å²) in [5, 5.41) is 20.5. The number of aromatic nitrogens is 5. The topological polar surface area (TPSA) is 109 Å². The Morgan fingerprint density at radius 2 is 2.12 bits per heavy atom. The van der Waals surface area contributed by atoms with E-state index in [0.717, 1.165) is 12.2 Å². The van der Waals surface area contributed by atoms with Gasteiger partial charge in [-0.05, 0) is 5.92 Å². The van der Waals surface area contributed by atoms with Crippen LogP contribution in [0, 0.1) is 5.92 Å². The summed E-state index contributed by atoms with van der Waals surface area (Å²) in [7, 11) is 0. The third-order valence-electron chi connectivity index (χ3n) is 3.87. The second kappa shape index (κ2) is 6.91. The fraction of sp³-hybridized carbons (Fsp3) is 0.533. The highest BCUT2D eigenvalue weighted by Crippen LogP contribution is 2.21. The molecule has 2 atom stereocenters. The molecule has 1 aliphatic heterocycles. The van der Waals surface area contributed by atoms with Gasteiger partial charge in [0.15, 0.2) is 0 Å². The summed E-state index contributed by atoms with van der Waals surface area (Å²) >= 11 is 0. The maximum absolute atomic E-state index is 12.3. The van der Waals surface area contributed by atoms with E-state index in [9.17, 15) is 9.90 Å². The van der Waals surface area contributed by atoms with E-state index in [0.29, 0.717) is 18.2 Å². The van der Waals surface area contributed by atoms with E-state index in [2.05, 4.69) is 39.4 Å². The van der Waals surface area contributed by atoms with Crippen LogP contribution in [0.5, 0.6) is 0 Å². The highest BCUT2D eigenvalue weighted by atomic mass is 16.3. The quantitative estimate of drug-likeness (QED) is 0.854. The highest BCUT2D eigenvalue weighted by molar-refractivity contribution is 5.89. The number of amides is 2. The predicted octanol–water partition coefficient (Wildman–Crippen LogP) is 0.716. The van der Waals surface area contributed by atoms with Gasteiger partial charge >= 0.3 is 6.03 Å². The summed E-state index contributed by atoms with van der Waals surface area (Å²) in [5.74, 6) is 1.23. The van der Waals surface area contributed by atoms with Crippen molar-refractivity contribution in [3.8, 4) is 0 Å². The van der Waals surface area contributed by atoms with E-state index >= 15 is 0 Å². The Morgan fingerprint density at radius 3 is 2.75 bits per heavy atom. The van der Waals surface area contributed by atoms with Gasteiger partial charge in [0.1, 0.15) is 5.82 Å². The smallest absolute Gasteiger partial charge is 0.322 e. The minimum absolute atomic E-state index is 0.239. The first kappa shape index (κ1) is 16.3. The molecule has 2 aromatic heterocycles. The number of carbonyl (C=O) groups excluding carboxylic acids is 1. The fourth-order valence-corrected chi connectivity index (χ4v) is 2.68. The number of aliphatic hydroxyl groups excluding tert-OH is 1. The van der Waals surface area contributed by atoms with Gasteiger partial charge in [-0.1, -0.05) is 19.1 Å². The second-order valence-corrected chi connectivity index (χ2v) is 6.34. The molecule has 1 fully saturated rings. The molecule has 128 valence electrons. The second-order valence-electron chi connectivity index (χ2n) is 6.34. The molecule has 1 saturated heterocycles. The Kier molecular flexibility index (Phi) is 4.70. The van der Waals surface area contributed by atoms with Gasteiger partial charge in [0.05, 0.1) is 43.0 Å². The number of β-amino-alcohol motifs (C(OH)–C–C–N with tert-alkyl or cyclic N) is 1. The molecule has 0 unspecified atom stereocenters. The van der Waals surface area contributed by atoms with Gasteiger partial charge in [-0.3, -0.25) is 0 Å². The monoisotopic (exact) mass is 331 g/mol. The number of likely N-dealkylation sites (tertiary alicyclic amines) is 1. The number of nitrogens with one attached hydrogen (secondary N) is 1. The lowest BCUT2D eigenvalue weighted by Gasteiger charge is -2.16. The first-order chi connectivity index (χ1) is 11.5. The van der Waals surface area contributed by atoms with Crippen molar-refractivity contribution in [3.05, 3.63) is 30.6 Å². The average molecular weight is 331 g/mol. The number of aliphatic hydroxyl groups is 1. The van der Waals surface area contributed by atoms with Crippen molar-refractivity contribution in [3.63, 3.8) is 0 Å². The van der Waals surface area contributed by atoms with Crippen molar-refractivity contribution in [2.45, 2.75) is 32.4 Å². The van der Waals surface area contributed by atoms with Crippen LogP contribution in [0.4, 0.5) is 10.5 Å². The summed E-state index contributed by atoms with van der Waals surface area (Å²) in [6.07, 6.45) is 6.55. The molecular formula is C15H21N7O2. The highest BCUT2D eigenvalue weighted by Gasteiger charge is 2.35. The molecule has 2 amide bonds. The van der Waals surface area contributed by atoms with Crippen molar-refractivity contribution in [2.24, 2.45) is 5.92 Å². The third kappa shape index (κ3) is 3.67. The van der Waals surface area contributed by atoms with Crippen LogP contribution in [-0.4, -0.2) is 60.2 Å². The number of carbonyl (C=O) groups is 1. The standard InChI is InChI=1S/C15H21N7O2/c1-10(2)5-14-16-6-11(7-17-14)19-15(24)21-8-12(13(23)9-21)22-4-3-18-20-22/h3-4,6-7,10,12-13,23H,5,8-9H2,1-2H3,(H,19,24)/t12-,13-/m1/s1. The van der Waals surface area contributed by atoms with E-state index in [4.69, 9.17) is 0 Å². The largest absolute Gasteiger partial charge is 0.389 e. The molecule has 3 rings (SSSR count). The van der Waals surface area contributed by atoms with Gasteiger partial charge in [0.2, 0.25) is 0 Å². The van der Waals surface area contributed by atoms with Crippen LogP contribution >= 0.6 is 0 Å². The third-order valence-corrected chi connectivity index (χ3v) is 3.87. The van der Waals surface area contributed by atoms with Crippen LogP contribution in [0.15, 0.2) is 24.8 Å². The molecule has 24 heavy (non-hydrogen) atoms. The van der Waals surface area contributed by atoms with Crippen molar-refractivity contribution < 1.29 is 9.90 Å². The molecule has 0 spiro atoms. The van der Waals surface area contributed by atoms with Crippen molar-refractivity contribution in [2.75, 3.05) is 18.4 Å². The van der Waals surface area contributed by atoms with Gasteiger partial charge in [-0.2, -0.15) is 0 Å². The Morgan fingerprint density at radius 1 is 1.38 bits per heavy atom. The summed E-state index contributed by atoms with van der Waals surface area (Å²) in [6, 6.07) is -0.584. The lowest BCUT2D eigenvalue weighted by atomic mass is 10.1. The van der Waals surface area contributed by atoms with Crippen LogP contribution in [0.1, 0.15) is 25.7 Å². The molecule has 0 radical (unpaired) electrons. The minimum atomic E-state index is -0.679. The zero-order valence-corrected chi connectivity index (χ0v) is 13.7. The van der Waals surface area contributed by atoms with Crippen molar-refractivity contribution in [1.82, 2.24) is 29.9 Å². The van der Waals surface area contributed by atoms with Crippen LogP contribution in [0.3, 0.4) is 0 Å². The predicted molar refractivity (Wildman–Crippen MR) is 86.2 cm³/mol. The zero-order chi connectivity index (χ0) is 17.1. The number of urea groups is 1. The Bertz CT molecular complexity index is 672. The number of anilines is 1. The van der Waals surface area contributed by atoms with Crippen LogP contribution < -0.4 is 5.32 Å². The van der Waals surface area contributed by atoms with E-state index in [-0.39, 0.29) is 18.6 Å². The molecule has 0 saturated carbocycles. The van der Waals surface area contributed by atoms with Gasteiger partial charge < -0.3 is 15.3 Å². The van der Waals surface area contributed by atoms with Crippen LogP contribution in [0.25, 0.3) is 0 Å². The van der Waals surface area contributed by atoms with Crippen molar-refractivity contribution in [1.29, 1.82) is 0 Å². The first-order valence-electron chi connectivity index (χ1n) is 7.93. The molecule has 2 aromatic rings. The lowest BCUT2D eigenvalue weighted by Crippen LogP contribution is -2.33. The SMILES string of the molecule is CC(C)Cc1ncc(NC(=O)N2C[C@@H](O)[C@H](n3ccnn3)C2)cn1. The number of rotatable bonds is 4. The summed E-state index contributed by atoms with van der Waals surface area (Å²) in [6.45, 7) is 4.80. The molecule has 9 nitrogen and oxygen atoms in total. The Labute approximate surface area is 139 Å². The Hall–Kier alpha value is -2.55. The van der Waals surface area contributed by atoms with E-state index < -0.39 is 6.10 Å². The summed E-state index contributed by atoms with van der Waals surface area (Å²) in [5.41, 5.74) is 0.534. The molecular weight excluding hydrogens is 310 g/mol. The Balaban J connectivity index is 1.59. The van der Waals surface area contributed by atoms with Crippen LogP contribution in [0.2, 0.25) is 0 Å². The molecule has 0 bridgehead atoms. The average Bonchev–Trinajstić information content (AvgIpc) is 3.17. The maximum atomic E-state index is 12.3. The maximum Gasteiger partial charge on any atom is 0.322 e. The first-order valence-corrected chi connectivity index (χ1v) is 7.93. The minimum Gasteiger partial charge on any atom is -0.389 e. The fourth-order valence-electron chi connectivity index (χ4n) is 2.68.